The summed E-state index contributed by atoms with van der Waals surface area (Å²) in [6.07, 6.45) is -10.3. The summed E-state index contributed by atoms with van der Waals surface area (Å²) in [5.41, 5.74) is -0.0761. The standard InChI is InChI=1S/C22H10Cl5F7N4O/c23-13-4-9(5-14(24)18(13)26)11(21(29,30)31)6-15(28)8-1-2-10(12(3-8)22(32,33)34)20(39)38-35-16-7-17(25)36-37-19(16)27/h1-7,11H,(H,35,36)(H,38,39)/b15-6-. The number of halogens is 12. The molecule has 17 heteroatoms. The van der Waals surface area contributed by atoms with Crippen LogP contribution in [0.1, 0.15) is 33.0 Å². The molecule has 0 aliphatic heterocycles. The Bertz CT molecular complexity index is 1420. The Kier molecular flexibility index (Phi) is 9.49. The number of carbonyl (C=O) groups excluding carboxylic acids is 1. The Morgan fingerprint density at radius 2 is 1.51 bits per heavy atom. The molecule has 208 valence electrons. The van der Waals surface area contributed by atoms with Crippen LogP contribution in [-0.2, 0) is 6.18 Å². The average Bonchev–Trinajstić information content (AvgIpc) is 2.84. The molecule has 0 aliphatic carbocycles. The first-order chi connectivity index (χ1) is 18.0. The minimum atomic E-state index is -5.21. The Labute approximate surface area is 239 Å². The van der Waals surface area contributed by atoms with Crippen LogP contribution in [0, 0.1) is 0 Å². The highest BCUT2D eigenvalue weighted by Crippen LogP contribution is 2.42. The van der Waals surface area contributed by atoms with Gasteiger partial charge in [0.15, 0.2) is 10.3 Å². The third-order valence-electron chi connectivity index (χ3n) is 4.91. The molecule has 1 heterocycles. The molecule has 0 aliphatic rings. The molecule has 0 fully saturated rings. The fourth-order valence-electron chi connectivity index (χ4n) is 3.13. The number of benzene rings is 2. The molecule has 0 saturated heterocycles. The lowest BCUT2D eigenvalue weighted by atomic mass is 9.95. The number of hydrogen-bond donors (Lipinski definition) is 2. The second-order valence-electron chi connectivity index (χ2n) is 7.54. The molecular formula is C22H10Cl5F7N4O. The van der Waals surface area contributed by atoms with Crippen LogP contribution in [0.5, 0.6) is 0 Å². The molecule has 5 nitrogen and oxygen atoms in total. The molecule has 0 spiro atoms. The van der Waals surface area contributed by atoms with Crippen molar-refractivity contribution in [2.24, 2.45) is 0 Å². The SMILES string of the molecule is O=C(NNc1cc(Cl)nnc1Cl)c1ccc(/C(F)=C/C(c2cc(Cl)c(Cl)c(Cl)c2)C(F)(F)F)cc1C(F)(F)F. The molecule has 2 N–H and O–H groups in total. The largest absolute Gasteiger partial charge is 0.417 e. The fourth-order valence-corrected chi connectivity index (χ4v) is 4.03. The summed E-state index contributed by atoms with van der Waals surface area (Å²) >= 11 is 28.7. The van der Waals surface area contributed by atoms with Gasteiger partial charge in [-0.05, 0) is 35.9 Å². The third-order valence-corrected chi connectivity index (χ3v) is 6.57. The van der Waals surface area contributed by atoms with Crippen molar-refractivity contribution < 1.29 is 35.5 Å². The second kappa shape index (κ2) is 11.9. The number of amides is 1. The number of carbonyl (C=O) groups is 1. The van der Waals surface area contributed by atoms with E-state index in [1.165, 1.54) is 0 Å². The van der Waals surface area contributed by atoms with Crippen molar-refractivity contribution in [3.8, 4) is 0 Å². The Morgan fingerprint density at radius 1 is 0.897 bits per heavy atom. The number of nitrogens with one attached hydrogen (secondary N) is 2. The molecule has 2 aromatic carbocycles. The van der Waals surface area contributed by atoms with Crippen LogP contribution in [0.15, 0.2) is 42.5 Å². The van der Waals surface area contributed by atoms with E-state index in [-0.39, 0.29) is 43.2 Å². The van der Waals surface area contributed by atoms with E-state index in [0.29, 0.717) is 12.1 Å². The summed E-state index contributed by atoms with van der Waals surface area (Å²) in [4.78, 5) is 12.5. The fraction of sp³-hybridized carbons (Fsp3) is 0.136. The van der Waals surface area contributed by atoms with Gasteiger partial charge in [0.1, 0.15) is 11.7 Å². The maximum absolute atomic E-state index is 15.0. The number of aromatic nitrogens is 2. The topological polar surface area (TPSA) is 66.9 Å². The number of alkyl halides is 6. The van der Waals surface area contributed by atoms with Gasteiger partial charge in [-0.25, -0.2) is 4.39 Å². The van der Waals surface area contributed by atoms with Gasteiger partial charge in [-0.1, -0.05) is 64.1 Å². The van der Waals surface area contributed by atoms with Gasteiger partial charge in [-0.15, -0.1) is 10.2 Å². The molecule has 39 heavy (non-hydrogen) atoms. The van der Waals surface area contributed by atoms with E-state index >= 15 is 0 Å². The van der Waals surface area contributed by atoms with Gasteiger partial charge in [-0.2, -0.15) is 26.3 Å². The van der Waals surface area contributed by atoms with Crippen LogP contribution in [-0.4, -0.2) is 22.3 Å². The summed E-state index contributed by atoms with van der Waals surface area (Å²) in [6.45, 7) is 0. The van der Waals surface area contributed by atoms with Crippen molar-refractivity contribution in [3.63, 3.8) is 0 Å². The summed E-state index contributed by atoms with van der Waals surface area (Å²) in [5.74, 6) is -5.67. The zero-order chi connectivity index (χ0) is 29.3. The van der Waals surface area contributed by atoms with Crippen molar-refractivity contribution in [3.05, 3.63) is 90.1 Å². The van der Waals surface area contributed by atoms with Crippen LogP contribution in [0.3, 0.4) is 0 Å². The van der Waals surface area contributed by atoms with Crippen molar-refractivity contribution in [1.82, 2.24) is 15.6 Å². The van der Waals surface area contributed by atoms with E-state index in [0.717, 1.165) is 18.2 Å². The monoisotopic (exact) mass is 654 g/mol. The first-order valence-electron chi connectivity index (χ1n) is 10.0. The van der Waals surface area contributed by atoms with Gasteiger partial charge >= 0.3 is 12.4 Å². The van der Waals surface area contributed by atoms with Gasteiger partial charge in [0, 0.05) is 11.6 Å². The van der Waals surface area contributed by atoms with Crippen LogP contribution in [0.4, 0.5) is 36.4 Å². The maximum atomic E-state index is 15.0. The predicted octanol–water partition coefficient (Wildman–Crippen LogP) is 9.18. The highest BCUT2D eigenvalue weighted by Gasteiger charge is 2.41. The summed E-state index contributed by atoms with van der Waals surface area (Å²) in [5, 5.41) is 5.48. The van der Waals surface area contributed by atoms with E-state index in [1.54, 1.807) is 0 Å². The number of rotatable bonds is 6. The van der Waals surface area contributed by atoms with Crippen LogP contribution in [0.2, 0.25) is 25.4 Å². The van der Waals surface area contributed by atoms with Gasteiger partial charge in [-0.3, -0.25) is 15.6 Å². The van der Waals surface area contributed by atoms with Gasteiger partial charge in [0.25, 0.3) is 5.91 Å². The Hall–Kier alpha value is -2.51. The van der Waals surface area contributed by atoms with Crippen LogP contribution in [0.25, 0.3) is 5.83 Å². The maximum Gasteiger partial charge on any atom is 0.417 e. The lowest BCUT2D eigenvalue weighted by molar-refractivity contribution is -0.140. The Morgan fingerprint density at radius 3 is 2.08 bits per heavy atom. The number of hydrogen-bond acceptors (Lipinski definition) is 4. The lowest BCUT2D eigenvalue weighted by Crippen LogP contribution is -2.31. The quantitative estimate of drug-likeness (QED) is 0.158. The number of hydrazine groups is 1. The van der Waals surface area contributed by atoms with Crippen molar-refractivity contribution >= 4 is 75.4 Å². The zero-order valence-electron chi connectivity index (χ0n) is 18.5. The molecule has 0 bridgehead atoms. The minimum absolute atomic E-state index is 0.0505. The smallest absolute Gasteiger partial charge is 0.295 e. The van der Waals surface area contributed by atoms with Crippen LogP contribution < -0.4 is 10.9 Å². The highest BCUT2D eigenvalue weighted by molar-refractivity contribution is 6.48. The zero-order valence-corrected chi connectivity index (χ0v) is 22.2. The number of allylic oxidation sites excluding steroid dienone is 1. The van der Waals surface area contributed by atoms with E-state index < -0.39 is 52.3 Å². The first-order valence-corrected chi connectivity index (χ1v) is 11.9. The molecule has 1 unspecified atom stereocenters. The van der Waals surface area contributed by atoms with E-state index in [9.17, 15) is 35.5 Å². The molecular weight excluding hydrogens is 647 g/mol. The van der Waals surface area contributed by atoms with Crippen molar-refractivity contribution in [2.75, 3.05) is 5.43 Å². The molecule has 1 aromatic heterocycles. The number of anilines is 1. The minimum Gasteiger partial charge on any atom is -0.295 e. The predicted molar refractivity (Wildman–Crippen MR) is 134 cm³/mol. The second-order valence-corrected chi connectivity index (χ2v) is 9.48. The Balaban J connectivity index is 1.99. The van der Waals surface area contributed by atoms with E-state index in [1.807, 2.05) is 5.43 Å². The highest BCUT2D eigenvalue weighted by atomic mass is 35.5. The summed E-state index contributed by atoms with van der Waals surface area (Å²) in [7, 11) is 0. The average molecular weight is 657 g/mol. The van der Waals surface area contributed by atoms with Gasteiger partial charge in [0.05, 0.1) is 31.9 Å². The molecule has 1 amide bonds. The van der Waals surface area contributed by atoms with Crippen LogP contribution >= 0.6 is 58.0 Å². The summed E-state index contributed by atoms with van der Waals surface area (Å²) in [6, 6.07) is 4.19. The molecule has 0 radical (unpaired) electrons. The molecule has 3 aromatic rings. The summed E-state index contributed by atoms with van der Waals surface area (Å²) < 4.78 is 97.5. The van der Waals surface area contributed by atoms with Crippen molar-refractivity contribution in [1.29, 1.82) is 0 Å². The van der Waals surface area contributed by atoms with Gasteiger partial charge in [0.2, 0.25) is 0 Å². The molecule has 0 saturated carbocycles. The van der Waals surface area contributed by atoms with E-state index in [4.69, 9.17) is 58.0 Å². The molecule has 3 rings (SSSR count). The van der Waals surface area contributed by atoms with Gasteiger partial charge < -0.3 is 0 Å². The first kappa shape index (κ1) is 31.0. The third kappa shape index (κ3) is 7.57. The number of nitrogens with zero attached hydrogens (tertiary/aromatic N) is 2. The molecule has 1 atom stereocenters. The lowest BCUT2D eigenvalue weighted by Gasteiger charge is -2.19. The normalized spacial score (nSPS) is 13.3. The van der Waals surface area contributed by atoms with Crippen molar-refractivity contribution in [2.45, 2.75) is 18.3 Å². The van der Waals surface area contributed by atoms with E-state index in [2.05, 4.69) is 15.6 Å².